The summed E-state index contributed by atoms with van der Waals surface area (Å²) in [6.45, 7) is 3.88. The molecule has 0 aromatic carbocycles. The first-order chi connectivity index (χ1) is 5.68. The molecule has 0 aromatic rings. The molecule has 1 N–H and O–H groups in total. The van der Waals surface area contributed by atoms with E-state index in [1.807, 2.05) is 6.08 Å². The lowest BCUT2D eigenvalue weighted by atomic mass is 10.1. The van der Waals surface area contributed by atoms with Crippen molar-refractivity contribution >= 4 is 5.97 Å². The van der Waals surface area contributed by atoms with Gasteiger partial charge in [0.15, 0.2) is 0 Å². The molecule has 0 aliphatic rings. The van der Waals surface area contributed by atoms with E-state index in [1.165, 1.54) is 12.8 Å². The molecule has 2 heteroatoms. The van der Waals surface area contributed by atoms with Crippen molar-refractivity contribution in [1.82, 2.24) is 0 Å². The number of carboxylic acid groups (broad SMARTS) is 1. The van der Waals surface area contributed by atoms with Crippen molar-refractivity contribution < 1.29 is 9.90 Å². The average molecular weight is 170 g/mol. The van der Waals surface area contributed by atoms with Gasteiger partial charge in [-0.1, -0.05) is 38.8 Å². The Morgan fingerprint density at radius 1 is 1.50 bits per heavy atom. The molecule has 0 aromatic heterocycles. The Kier molecular flexibility index (Phi) is 6.44. The summed E-state index contributed by atoms with van der Waals surface area (Å²) in [4.78, 5) is 10.4. The Bertz CT molecular complexity index is 150. The molecule has 0 bridgehead atoms. The van der Waals surface area contributed by atoms with Crippen molar-refractivity contribution in [3.8, 4) is 0 Å². The van der Waals surface area contributed by atoms with E-state index < -0.39 is 5.97 Å². The lowest BCUT2D eigenvalue weighted by Gasteiger charge is -1.99. The fourth-order valence-corrected chi connectivity index (χ4v) is 0.841. The average Bonchev–Trinajstić information content (AvgIpc) is 2.03. The number of rotatable bonds is 6. The highest BCUT2D eigenvalue weighted by Gasteiger charge is 2.06. The number of hydrogen-bond acceptors (Lipinski definition) is 1. The summed E-state index contributed by atoms with van der Waals surface area (Å²) < 4.78 is 0. The van der Waals surface area contributed by atoms with E-state index in [0.29, 0.717) is 6.42 Å². The highest BCUT2D eigenvalue weighted by atomic mass is 16.4. The summed E-state index contributed by atoms with van der Waals surface area (Å²) in [6, 6.07) is 0. The Morgan fingerprint density at radius 2 is 2.17 bits per heavy atom. The number of hydrogen-bond donors (Lipinski definition) is 1. The van der Waals surface area contributed by atoms with Gasteiger partial charge in [-0.15, -0.1) is 0 Å². The highest BCUT2D eigenvalue weighted by Crippen LogP contribution is 2.04. The molecule has 0 fully saturated rings. The zero-order valence-electron chi connectivity index (χ0n) is 7.92. The Labute approximate surface area is 74.3 Å². The van der Waals surface area contributed by atoms with E-state index in [9.17, 15) is 4.79 Å². The predicted molar refractivity (Wildman–Crippen MR) is 50.1 cm³/mol. The van der Waals surface area contributed by atoms with Crippen LogP contribution in [0.25, 0.3) is 0 Å². The minimum Gasteiger partial charge on any atom is -0.481 e. The van der Waals surface area contributed by atoms with Gasteiger partial charge in [0.1, 0.15) is 0 Å². The molecular formula is C10H18O2. The third kappa shape index (κ3) is 5.96. The van der Waals surface area contributed by atoms with Crippen molar-refractivity contribution in [2.45, 2.75) is 39.5 Å². The van der Waals surface area contributed by atoms with Gasteiger partial charge in [-0.05, 0) is 12.8 Å². The van der Waals surface area contributed by atoms with Gasteiger partial charge in [-0.25, -0.2) is 0 Å². The third-order valence-electron chi connectivity index (χ3n) is 1.80. The van der Waals surface area contributed by atoms with Crippen LogP contribution in [0.1, 0.15) is 39.5 Å². The van der Waals surface area contributed by atoms with E-state index in [4.69, 9.17) is 5.11 Å². The molecular weight excluding hydrogens is 152 g/mol. The van der Waals surface area contributed by atoms with Crippen LogP contribution in [0.4, 0.5) is 0 Å². The molecule has 2 nitrogen and oxygen atoms in total. The normalized spacial score (nSPS) is 13.5. The molecule has 0 aliphatic heterocycles. The maximum Gasteiger partial charge on any atom is 0.306 e. The summed E-state index contributed by atoms with van der Waals surface area (Å²) in [5.41, 5.74) is 0. The first-order valence-electron chi connectivity index (χ1n) is 4.56. The van der Waals surface area contributed by atoms with E-state index in [2.05, 4.69) is 13.0 Å². The van der Waals surface area contributed by atoms with Gasteiger partial charge < -0.3 is 5.11 Å². The number of carboxylic acids is 1. The van der Waals surface area contributed by atoms with Crippen molar-refractivity contribution in [3.63, 3.8) is 0 Å². The van der Waals surface area contributed by atoms with E-state index in [0.717, 1.165) is 6.42 Å². The van der Waals surface area contributed by atoms with Crippen LogP contribution in [0.5, 0.6) is 0 Å². The largest absolute Gasteiger partial charge is 0.481 e. The molecule has 0 amide bonds. The molecule has 0 rings (SSSR count). The van der Waals surface area contributed by atoms with Gasteiger partial charge in [-0.3, -0.25) is 4.79 Å². The SMILES string of the molecule is CCCCC=CCC(C)C(=O)O. The van der Waals surface area contributed by atoms with Crippen LogP contribution in [0.3, 0.4) is 0 Å². The van der Waals surface area contributed by atoms with Gasteiger partial charge in [0.2, 0.25) is 0 Å². The topological polar surface area (TPSA) is 37.3 Å². The van der Waals surface area contributed by atoms with Crippen molar-refractivity contribution in [1.29, 1.82) is 0 Å². The monoisotopic (exact) mass is 170 g/mol. The third-order valence-corrected chi connectivity index (χ3v) is 1.80. The summed E-state index contributed by atoms with van der Waals surface area (Å²) >= 11 is 0. The second kappa shape index (κ2) is 6.89. The fraction of sp³-hybridized carbons (Fsp3) is 0.700. The Balaban J connectivity index is 3.40. The van der Waals surface area contributed by atoms with E-state index in [1.54, 1.807) is 6.92 Å². The minimum absolute atomic E-state index is 0.247. The maximum atomic E-state index is 10.4. The van der Waals surface area contributed by atoms with Crippen LogP contribution in [0, 0.1) is 5.92 Å². The summed E-state index contributed by atoms with van der Waals surface area (Å²) in [5, 5.41) is 8.55. The number of allylic oxidation sites excluding steroid dienone is 2. The van der Waals surface area contributed by atoms with Gasteiger partial charge in [0, 0.05) is 0 Å². The molecule has 70 valence electrons. The van der Waals surface area contributed by atoms with Crippen LogP contribution in [-0.4, -0.2) is 11.1 Å². The van der Waals surface area contributed by atoms with Crippen LogP contribution in [0.2, 0.25) is 0 Å². The van der Waals surface area contributed by atoms with Crippen molar-refractivity contribution in [2.24, 2.45) is 5.92 Å². The maximum absolute atomic E-state index is 10.4. The molecule has 0 saturated heterocycles. The number of carbonyl (C=O) groups is 1. The van der Waals surface area contributed by atoms with Crippen LogP contribution < -0.4 is 0 Å². The quantitative estimate of drug-likeness (QED) is 0.491. The van der Waals surface area contributed by atoms with E-state index >= 15 is 0 Å². The lowest BCUT2D eigenvalue weighted by Crippen LogP contribution is -2.07. The van der Waals surface area contributed by atoms with Crippen LogP contribution >= 0.6 is 0 Å². The molecule has 12 heavy (non-hydrogen) atoms. The van der Waals surface area contributed by atoms with Crippen molar-refractivity contribution in [2.75, 3.05) is 0 Å². The van der Waals surface area contributed by atoms with Gasteiger partial charge in [0.25, 0.3) is 0 Å². The molecule has 0 heterocycles. The molecule has 1 unspecified atom stereocenters. The lowest BCUT2D eigenvalue weighted by molar-refractivity contribution is -0.140. The summed E-state index contributed by atoms with van der Waals surface area (Å²) in [5.74, 6) is -0.960. The predicted octanol–water partition coefficient (Wildman–Crippen LogP) is 2.84. The molecule has 0 saturated carbocycles. The molecule has 0 aliphatic carbocycles. The Hall–Kier alpha value is -0.790. The fourth-order valence-electron chi connectivity index (χ4n) is 0.841. The molecule has 1 atom stereocenters. The van der Waals surface area contributed by atoms with E-state index in [-0.39, 0.29) is 5.92 Å². The zero-order valence-corrected chi connectivity index (χ0v) is 7.92. The second-order valence-corrected chi connectivity index (χ2v) is 3.09. The minimum atomic E-state index is -0.713. The Morgan fingerprint density at radius 3 is 2.67 bits per heavy atom. The van der Waals surface area contributed by atoms with Crippen LogP contribution in [-0.2, 0) is 4.79 Å². The number of unbranched alkanes of at least 4 members (excludes halogenated alkanes) is 2. The van der Waals surface area contributed by atoms with Gasteiger partial charge >= 0.3 is 5.97 Å². The summed E-state index contributed by atoms with van der Waals surface area (Å²) in [6.07, 6.45) is 8.15. The van der Waals surface area contributed by atoms with Gasteiger partial charge in [0.05, 0.1) is 5.92 Å². The second-order valence-electron chi connectivity index (χ2n) is 3.09. The zero-order chi connectivity index (χ0) is 9.40. The van der Waals surface area contributed by atoms with Gasteiger partial charge in [-0.2, -0.15) is 0 Å². The van der Waals surface area contributed by atoms with Crippen LogP contribution in [0.15, 0.2) is 12.2 Å². The number of aliphatic carboxylic acids is 1. The smallest absolute Gasteiger partial charge is 0.306 e. The van der Waals surface area contributed by atoms with Crippen molar-refractivity contribution in [3.05, 3.63) is 12.2 Å². The first-order valence-corrected chi connectivity index (χ1v) is 4.56. The summed E-state index contributed by atoms with van der Waals surface area (Å²) in [7, 11) is 0. The standard InChI is InChI=1S/C10H18O2/c1-3-4-5-6-7-8-9(2)10(11)12/h6-7,9H,3-5,8H2,1-2H3,(H,11,12). The first kappa shape index (κ1) is 11.2. The highest BCUT2D eigenvalue weighted by molar-refractivity contribution is 5.69. The molecule has 0 radical (unpaired) electrons. The molecule has 0 spiro atoms.